The van der Waals surface area contributed by atoms with Crippen molar-refractivity contribution >= 4 is 29.3 Å². The van der Waals surface area contributed by atoms with Crippen molar-refractivity contribution in [3.63, 3.8) is 0 Å². The summed E-state index contributed by atoms with van der Waals surface area (Å²) in [4.78, 5) is 52.1. The summed E-state index contributed by atoms with van der Waals surface area (Å²) in [5.74, 6) is -0.305. The Morgan fingerprint density at radius 1 is 0.960 bits per heavy atom. The summed E-state index contributed by atoms with van der Waals surface area (Å²) >= 11 is 0. The van der Waals surface area contributed by atoms with Gasteiger partial charge in [0.25, 0.3) is 11.8 Å². The molecule has 1 N–H and O–H groups in total. The van der Waals surface area contributed by atoms with Gasteiger partial charge in [0.1, 0.15) is 6.04 Å². The molecule has 7 heteroatoms. The Balaban J connectivity index is 1.44. The molecule has 1 aromatic rings. The topological polar surface area (TPSA) is 86.8 Å². The Bertz CT molecular complexity index is 839. The average molecular weight is 339 g/mol. The zero-order valence-electron chi connectivity index (χ0n) is 13.5. The summed E-state index contributed by atoms with van der Waals surface area (Å²) in [7, 11) is 0. The summed E-state index contributed by atoms with van der Waals surface area (Å²) in [6, 6.07) is 4.42. The van der Waals surface area contributed by atoms with Crippen molar-refractivity contribution in [1.82, 2.24) is 10.2 Å². The fourth-order valence-corrected chi connectivity index (χ4v) is 4.26. The first kappa shape index (κ1) is 14.6. The molecule has 4 aliphatic rings. The zero-order chi connectivity index (χ0) is 17.3. The van der Waals surface area contributed by atoms with E-state index in [9.17, 15) is 19.2 Å². The molecule has 5 rings (SSSR count). The minimum absolute atomic E-state index is 0.131. The maximum atomic E-state index is 12.8. The normalized spacial score (nSPS) is 30.5. The van der Waals surface area contributed by atoms with E-state index in [1.54, 1.807) is 12.1 Å². The van der Waals surface area contributed by atoms with Crippen molar-refractivity contribution in [2.75, 3.05) is 18.0 Å². The van der Waals surface area contributed by atoms with Crippen LogP contribution in [-0.4, -0.2) is 47.7 Å². The summed E-state index contributed by atoms with van der Waals surface area (Å²) in [6.45, 7) is 2.00. The van der Waals surface area contributed by atoms with E-state index in [0.717, 1.165) is 35.5 Å². The quantitative estimate of drug-likeness (QED) is 0.795. The molecule has 4 amide bonds. The van der Waals surface area contributed by atoms with E-state index in [2.05, 4.69) is 10.2 Å². The zero-order valence-corrected chi connectivity index (χ0v) is 13.5. The minimum Gasteiger partial charge on any atom is -0.371 e. The molecule has 1 saturated carbocycles. The van der Waals surface area contributed by atoms with Crippen molar-refractivity contribution in [2.24, 2.45) is 11.8 Å². The molecule has 1 aromatic carbocycles. The van der Waals surface area contributed by atoms with Gasteiger partial charge in [-0.25, -0.2) is 0 Å². The molecule has 3 heterocycles. The molecule has 0 aromatic heterocycles. The molecular formula is C18H17N3O4. The molecule has 25 heavy (non-hydrogen) atoms. The Morgan fingerprint density at radius 3 is 2.40 bits per heavy atom. The molecule has 1 aliphatic carbocycles. The average Bonchev–Trinajstić information content (AvgIpc) is 3.12. The van der Waals surface area contributed by atoms with E-state index in [1.807, 2.05) is 6.07 Å². The van der Waals surface area contributed by atoms with Crippen molar-refractivity contribution in [2.45, 2.75) is 25.3 Å². The molecule has 3 unspecified atom stereocenters. The van der Waals surface area contributed by atoms with Gasteiger partial charge in [-0.05, 0) is 42.9 Å². The largest absolute Gasteiger partial charge is 0.371 e. The van der Waals surface area contributed by atoms with Crippen LogP contribution in [-0.2, 0) is 9.59 Å². The highest BCUT2D eigenvalue weighted by Gasteiger charge is 2.47. The van der Waals surface area contributed by atoms with Crippen LogP contribution < -0.4 is 10.2 Å². The Morgan fingerprint density at radius 2 is 1.68 bits per heavy atom. The van der Waals surface area contributed by atoms with Crippen LogP contribution >= 0.6 is 0 Å². The van der Waals surface area contributed by atoms with Crippen molar-refractivity contribution in [3.05, 3.63) is 29.3 Å². The lowest BCUT2D eigenvalue weighted by atomic mass is 10.0. The van der Waals surface area contributed by atoms with Gasteiger partial charge in [-0.3, -0.25) is 29.4 Å². The third kappa shape index (κ3) is 2.11. The van der Waals surface area contributed by atoms with Crippen LogP contribution in [0.25, 0.3) is 0 Å². The molecule has 128 valence electrons. The van der Waals surface area contributed by atoms with E-state index < -0.39 is 23.8 Å². The number of nitrogens with one attached hydrogen (secondary N) is 1. The number of carbonyl (C=O) groups is 4. The van der Waals surface area contributed by atoms with Crippen molar-refractivity contribution < 1.29 is 19.2 Å². The minimum atomic E-state index is -0.909. The highest BCUT2D eigenvalue weighted by atomic mass is 16.2. The highest BCUT2D eigenvalue weighted by molar-refractivity contribution is 6.23. The smallest absolute Gasteiger partial charge is 0.262 e. The second kappa shape index (κ2) is 4.91. The van der Waals surface area contributed by atoms with Gasteiger partial charge < -0.3 is 4.90 Å². The van der Waals surface area contributed by atoms with Crippen LogP contribution in [0.2, 0.25) is 0 Å². The van der Waals surface area contributed by atoms with E-state index in [4.69, 9.17) is 0 Å². The number of anilines is 1. The van der Waals surface area contributed by atoms with Crippen LogP contribution in [0.5, 0.6) is 0 Å². The first-order chi connectivity index (χ1) is 12.0. The number of imide groups is 2. The van der Waals surface area contributed by atoms with Crippen LogP contribution in [0.15, 0.2) is 18.2 Å². The SMILES string of the molecule is O=C1CCC(N2C(=O)c3ccc(N4CC5CC5C4)cc3C2=O)C(=O)N1. The lowest BCUT2D eigenvalue weighted by Crippen LogP contribution is -2.54. The first-order valence-corrected chi connectivity index (χ1v) is 8.63. The number of benzene rings is 1. The molecule has 2 saturated heterocycles. The Labute approximate surface area is 144 Å². The van der Waals surface area contributed by atoms with E-state index in [-0.39, 0.29) is 18.7 Å². The van der Waals surface area contributed by atoms with Gasteiger partial charge in [-0.15, -0.1) is 0 Å². The predicted octanol–water partition coefficient (Wildman–Crippen LogP) is 0.544. The van der Waals surface area contributed by atoms with E-state index in [1.165, 1.54) is 6.42 Å². The third-order valence-electron chi connectivity index (χ3n) is 5.77. The molecule has 3 atom stereocenters. The van der Waals surface area contributed by atoms with E-state index >= 15 is 0 Å². The van der Waals surface area contributed by atoms with Crippen molar-refractivity contribution in [3.8, 4) is 0 Å². The molecule has 0 radical (unpaired) electrons. The molecular weight excluding hydrogens is 322 g/mol. The van der Waals surface area contributed by atoms with Gasteiger partial charge in [0, 0.05) is 25.2 Å². The highest BCUT2D eigenvalue weighted by Crippen LogP contribution is 2.46. The van der Waals surface area contributed by atoms with Crippen LogP contribution in [0.4, 0.5) is 5.69 Å². The number of piperidine rings is 2. The molecule has 0 bridgehead atoms. The summed E-state index contributed by atoms with van der Waals surface area (Å²) in [5, 5.41) is 2.21. The number of hydrogen-bond donors (Lipinski definition) is 1. The number of fused-ring (bicyclic) bond motifs is 2. The molecule has 3 fully saturated rings. The standard InChI is InChI=1S/C18H17N3O4/c22-15-4-3-14(16(23)19-15)21-17(24)12-2-1-11(6-13(12)18(21)25)20-7-9-5-10(9)8-20/h1-2,6,9-10,14H,3-5,7-8H2,(H,19,22,23). The van der Waals surface area contributed by atoms with Gasteiger partial charge >= 0.3 is 0 Å². The maximum absolute atomic E-state index is 12.8. The summed E-state index contributed by atoms with van der Waals surface area (Å²) in [6.07, 6.45) is 1.60. The number of hydrogen-bond acceptors (Lipinski definition) is 5. The molecule has 0 spiro atoms. The summed E-state index contributed by atoms with van der Waals surface area (Å²) in [5.41, 5.74) is 1.65. The number of nitrogens with zero attached hydrogens (tertiary/aromatic N) is 2. The Hall–Kier alpha value is -2.70. The van der Waals surface area contributed by atoms with Crippen LogP contribution in [0, 0.1) is 11.8 Å². The Kier molecular flexibility index (Phi) is 2.87. The van der Waals surface area contributed by atoms with Crippen LogP contribution in [0.1, 0.15) is 40.0 Å². The van der Waals surface area contributed by atoms with E-state index in [0.29, 0.717) is 11.1 Å². The fourth-order valence-electron chi connectivity index (χ4n) is 4.26. The van der Waals surface area contributed by atoms with Gasteiger partial charge in [-0.2, -0.15) is 0 Å². The van der Waals surface area contributed by atoms with Gasteiger partial charge in [-0.1, -0.05) is 0 Å². The fraction of sp³-hybridized carbons (Fsp3) is 0.444. The predicted molar refractivity (Wildman–Crippen MR) is 86.9 cm³/mol. The maximum Gasteiger partial charge on any atom is 0.262 e. The van der Waals surface area contributed by atoms with Gasteiger partial charge in [0.05, 0.1) is 11.1 Å². The lowest BCUT2D eigenvalue weighted by Gasteiger charge is -2.27. The second-order valence-corrected chi connectivity index (χ2v) is 7.34. The summed E-state index contributed by atoms with van der Waals surface area (Å²) < 4.78 is 0. The molecule has 7 nitrogen and oxygen atoms in total. The second-order valence-electron chi connectivity index (χ2n) is 7.34. The number of amides is 4. The number of rotatable bonds is 2. The van der Waals surface area contributed by atoms with Crippen molar-refractivity contribution in [1.29, 1.82) is 0 Å². The van der Waals surface area contributed by atoms with Gasteiger partial charge in [0.2, 0.25) is 11.8 Å². The van der Waals surface area contributed by atoms with Crippen LogP contribution in [0.3, 0.4) is 0 Å². The molecule has 3 aliphatic heterocycles. The third-order valence-corrected chi connectivity index (χ3v) is 5.77. The monoisotopic (exact) mass is 339 g/mol. The first-order valence-electron chi connectivity index (χ1n) is 8.63. The lowest BCUT2D eigenvalue weighted by molar-refractivity contribution is -0.136. The van der Waals surface area contributed by atoms with Gasteiger partial charge in [0.15, 0.2) is 0 Å². The number of carbonyl (C=O) groups excluding carboxylic acids is 4.